The monoisotopic (exact) mass is 245 g/mol. The lowest BCUT2D eigenvalue weighted by Gasteiger charge is -2.07. The Bertz CT molecular complexity index is 525. The summed E-state index contributed by atoms with van der Waals surface area (Å²) in [7, 11) is 0. The fourth-order valence-corrected chi connectivity index (χ4v) is 2.12. The van der Waals surface area contributed by atoms with Crippen LogP contribution in [0.3, 0.4) is 0 Å². The lowest BCUT2D eigenvalue weighted by molar-refractivity contribution is 0.0940. The van der Waals surface area contributed by atoms with Gasteiger partial charge in [-0.05, 0) is 18.6 Å². The number of fused-ring (bicyclic) bond motifs is 1. The van der Waals surface area contributed by atoms with Gasteiger partial charge in [0.05, 0.1) is 6.61 Å². The number of ether oxygens (including phenoxy) is 1. The molecule has 1 N–H and O–H groups in total. The fourth-order valence-electron chi connectivity index (χ4n) is 2.12. The maximum absolute atomic E-state index is 11.9. The number of nitrogens with zero attached hydrogens (tertiary/aromatic N) is 2. The quantitative estimate of drug-likeness (QED) is 0.881. The molecular formula is C13H15N3O2. The van der Waals surface area contributed by atoms with Crippen molar-refractivity contribution < 1.29 is 9.53 Å². The van der Waals surface area contributed by atoms with E-state index in [1.165, 1.54) is 0 Å². The smallest absolute Gasteiger partial charge is 0.271 e. The van der Waals surface area contributed by atoms with Crippen molar-refractivity contribution in [3.05, 3.63) is 36.3 Å². The van der Waals surface area contributed by atoms with Crippen molar-refractivity contribution in [1.29, 1.82) is 0 Å². The summed E-state index contributed by atoms with van der Waals surface area (Å²) in [4.78, 5) is 16.2. The Morgan fingerprint density at radius 3 is 3.28 bits per heavy atom. The molecule has 0 saturated carbocycles. The Morgan fingerprint density at radius 2 is 2.50 bits per heavy atom. The third-order valence-corrected chi connectivity index (χ3v) is 3.17. The van der Waals surface area contributed by atoms with Crippen molar-refractivity contribution in [2.45, 2.75) is 6.42 Å². The zero-order valence-electron chi connectivity index (χ0n) is 10.0. The largest absolute Gasteiger partial charge is 0.381 e. The average molecular weight is 245 g/mol. The van der Waals surface area contributed by atoms with E-state index in [1.54, 1.807) is 6.20 Å². The van der Waals surface area contributed by atoms with Crippen molar-refractivity contribution in [3.63, 3.8) is 0 Å². The Balaban J connectivity index is 1.67. The predicted molar refractivity (Wildman–Crippen MR) is 66.5 cm³/mol. The normalized spacial score (nSPS) is 19.2. The van der Waals surface area contributed by atoms with Crippen LogP contribution in [-0.2, 0) is 4.74 Å². The number of nitrogens with one attached hydrogen (secondary N) is 1. The number of aromatic nitrogens is 2. The van der Waals surface area contributed by atoms with Gasteiger partial charge in [0.2, 0.25) is 0 Å². The number of carbonyl (C=O) groups is 1. The summed E-state index contributed by atoms with van der Waals surface area (Å²) in [6, 6.07) is 5.69. The molecule has 1 aliphatic heterocycles. The molecule has 1 aliphatic rings. The minimum Gasteiger partial charge on any atom is -0.381 e. The van der Waals surface area contributed by atoms with Crippen LogP contribution in [0.1, 0.15) is 16.9 Å². The van der Waals surface area contributed by atoms with E-state index in [0.717, 1.165) is 25.3 Å². The number of amides is 1. The highest BCUT2D eigenvalue weighted by Gasteiger charge is 2.17. The van der Waals surface area contributed by atoms with Gasteiger partial charge in [0, 0.05) is 31.5 Å². The molecule has 2 aromatic rings. The Kier molecular flexibility index (Phi) is 2.98. The molecule has 1 atom stereocenters. The second kappa shape index (κ2) is 4.78. The summed E-state index contributed by atoms with van der Waals surface area (Å²) in [6.07, 6.45) is 4.64. The topological polar surface area (TPSA) is 55.6 Å². The van der Waals surface area contributed by atoms with Crippen molar-refractivity contribution in [3.8, 4) is 0 Å². The van der Waals surface area contributed by atoms with Crippen LogP contribution >= 0.6 is 0 Å². The van der Waals surface area contributed by atoms with Crippen LogP contribution in [0.25, 0.3) is 5.65 Å². The molecule has 0 aromatic carbocycles. The van der Waals surface area contributed by atoms with E-state index in [4.69, 9.17) is 4.74 Å². The fraction of sp³-hybridized carbons (Fsp3) is 0.385. The summed E-state index contributed by atoms with van der Waals surface area (Å²) in [5, 5.41) is 2.91. The van der Waals surface area contributed by atoms with E-state index >= 15 is 0 Å². The Morgan fingerprint density at radius 1 is 1.56 bits per heavy atom. The first kappa shape index (κ1) is 11.2. The SMILES string of the molecule is O=C(NCC1CCOC1)c1cn2ccccc2n1. The van der Waals surface area contributed by atoms with E-state index in [2.05, 4.69) is 10.3 Å². The maximum atomic E-state index is 11.9. The van der Waals surface area contributed by atoms with Crippen LogP contribution in [0.5, 0.6) is 0 Å². The average Bonchev–Trinajstić information content (AvgIpc) is 3.04. The summed E-state index contributed by atoms with van der Waals surface area (Å²) < 4.78 is 7.11. The molecule has 18 heavy (non-hydrogen) atoms. The molecule has 94 valence electrons. The molecular weight excluding hydrogens is 230 g/mol. The van der Waals surface area contributed by atoms with Crippen LogP contribution in [0, 0.1) is 5.92 Å². The van der Waals surface area contributed by atoms with Gasteiger partial charge < -0.3 is 14.5 Å². The summed E-state index contributed by atoms with van der Waals surface area (Å²) in [5.41, 5.74) is 1.24. The molecule has 2 aromatic heterocycles. The number of hydrogen-bond acceptors (Lipinski definition) is 3. The molecule has 0 aliphatic carbocycles. The van der Waals surface area contributed by atoms with E-state index < -0.39 is 0 Å². The molecule has 3 heterocycles. The highest BCUT2D eigenvalue weighted by molar-refractivity contribution is 5.92. The molecule has 3 rings (SSSR count). The minimum atomic E-state index is -0.120. The van der Waals surface area contributed by atoms with Crippen LogP contribution in [0.4, 0.5) is 0 Å². The molecule has 1 fully saturated rings. The van der Waals surface area contributed by atoms with Gasteiger partial charge in [0.25, 0.3) is 5.91 Å². The number of imidazole rings is 1. The van der Waals surface area contributed by atoms with Gasteiger partial charge in [-0.2, -0.15) is 0 Å². The molecule has 0 radical (unpaired) electrons. The Hall–Kier alpha value is -1.88. The van der Waals surface area contributed by atoms with Crippen LogP contribution in [-0.4, -0.2) is 35.1 Å². The van der Waals surface area contributed by atoms with Crippen molar-refractivity contribution in [2.75, 3.05) is 19.8 Å². The van der Waals surface area contributed by atoms with Gasteiger partial charge >= 0.3 is 0 Å². The van der Waals surface area contributed by atoms with Gasteiger partial charge in [0.15, 0.2) is 0 Å². The van der Waals surface area contributed by atoms with Gasteiger partial charge in [-0.15, -0.1) is 0 Å². The first-order valence-electron chi connectivity index (χ1n) is 6.12. The lowest BCUT2D eigenvalue weighted by atomic mass is 10.1. The maximum Gasteiger partial charge on any atom is 0.271 e. The molecule has 5 heteroatoms. The molecule has 1 amide bonds. The molecule has 1 unspecified atom stereocenters. The van der Waals surface area contributed by atoms with Gasteiger partial charge in [-0.3, -0.25) is 4.79 Å². The molecule has 0 bridgehead atoms. The number of carbonyl (C=O) groups excluding carboxylic acids is 1. The van der Waals surface area contributed by atoms with Crippen molar-refractivity contribution in [1.82, 2.24) is 14.7 Å². The number of rotatable bonds is 3. The van der Waals surface area contributed by atoms with E-state index in [9.17, 15) is 4.79 Å². The molecule has 1 saturated heterocycles. The standard InChI is InChI=1S/C13H15N3O2/c17-13(14-7-10-4-6-18-9-10)11-8-16-5-2-1-3-12(16)15-11/h1-3,5,8,10H,4,6-7,9H2,(H,14,17). The summed E-state index contributed by atoms with van der Waals surface area (Å²) in [5.74, 6) is 0.316. The molecule has 5 nitrogen and oxygen atoms in total. The first-order valence-corrected chi connectivity index (χ1v) is 6.12. The number of pyridine rings is 1. The highest BCUT2D eigenvalue weighted by atomic mass is 16.5. The van der Waals surface area contributed by atoms with Gasteiger partial charge in [0.1, 0.15) is 11.3 Å². The highest BCUT2D eigenvalue weighted by Crippen LogP contribution is 2.11. The Labute approximate surface area is 105 Å². The minimum absolute atomic E-state index is 0.120. The van der Waals surface area contributed by atoms with Gasteiger partial charge in [-0.25, -0.2) is 4.98 Å². The van der Waals surface area contributed by atoms with Crippen LogP contribution < -0.4 is 5.32 Å². The third-order valence-electron chi connectivity index (χ3n) is 3.17. The summed E-state index contributed by atoms with van der Waals surface area (Å²) >= 11 is 0. The number of hydrogen-bond donors (Lipinski definition) is 1. The first-order chi connectivity index (χ1) is 8.83. The third kappa shape index (κ3) is 2.22. The zero-order valence-corrected chi connectivity index (χ0v) is 10.0. The second-order valence-corrected chi connectivity index (χ2v) is 4.53. The van der Waals surface area contributed by atoms with Gasteiger partial charge in [-0.1, -0.05) is 6.07 Å². The van der Waals surface area contributed by atoms with E-state index in [0.29, 0.717) is 18.2 Å². The van der Waals surface area contributed by atoms with Crippen LogP contribution in [0.15, 0.2) is 30.6 Å². The summed E-state index contributed by atoms with van der Waals surface area (Å²) in [6.45, 7) is 2.20. The van der Waals surface area contributed by atoms with E-state index in [1.807, 2.05) is 28.8 Å². The zero-order chi connectivity index (χ0) is 12.4. The molecule has 0 spiro atoms. The predicted octanol–water partition coefficient (Wildman–Crippen LogP) is 1.10. The second-order valence-electron chi connectivity index (χ2n) is 4.53. The van der Waals surface area contributed by atoms with Crippen molar-refractivity contribution >= 4 is 11.6 Å². The van der Waals surface area contributed by atoms with Crippen LogP contribution in [0.2, 0.25) is 0 Å². The lowest BCUT2D eigenvalue weighted by Crippen LogP contribution is -2.29. The van der Waals surface area contributed by atoms with E-state index in [-0.39, 0.29) is 5.91 Å². The van der Waals surface area contributed by atoms with Crippen molar-refractivity contribution in [2.24, 2.45) is 5.92 Å².